The van der Waals surface area contributed by atoms with Gasteiger partial charge in [0.25, 0.3) is 0 Å². The SMILES string of the molecule is CCN(c1ccc2c(c1)NCCC2)C1CCCC1. The molecule has 0 spiro atoms. The molecule has 2 heteroatoms. The molecule has 1 aliphatic carbocycles. The van der Waals surface area contributed by atoms with E-state index in [0.717, 1.165) is 19.1 Å². The molecule has 1 N–H and O–H groups in total. The first-order valence-corrected chi connectivity index (χ1v) is 7.52. The second kappa shape index (κ2) is 5.21. The number of rotatable bonds is 3. The molecule has 1 aromatic rings. The molecule has 3 rings (SSSR count). The zero-order chi connectivity index (χ0) is 12.4. The molecule has 1 fully saturated rings. The van der Waals surface area contributed by atoms with Gasteiger partial charge in [-0.25, -0.2) is 0 Å². The Labute approximate surface area is 110 Å². The largest absolute Gasteiger partial charge is 0.385 e. The lowest BCUT2D eigenvalue weighted by atomic mass is 10.0. The monoisotopic (exact) mass is 244 g/mol. The third kappa shape index (κ3) is 2.21. The van der Waals surface area contributed by atoms with Crippen molar-refractivity contribution in [1.29, 1.82) is 0 Å². The van der Waals surface area contributed by atoms with E-state index in [1.807, 2.05) is 0 Å². The van der Waals surface area contributed by atoms with E-state index in [1.165, 1.54) is 55.5 Å². The fraction of sp³-hybridized carbons (Fsp3) is 0.625. The Balaban J connectivity index is 1.85. The standard InChI is InChI=1S/C16H24N2/c1-2-18(14-7-3-4-8-14)15-10-9-13-6-5-11-17-16(13)12-15/h9-10,12,14,17H,2-8,11H2,1H3. The summed E-state index contributed by atoms with van der Waals surface area (Å²) in [5, 5.41) is 3.55. The van der Waals surface area contributed by atoms with Crippen molar-refractivity contribution >= 4 is 11.4 Å². The van der Waals surface area contributed by atoms with Gasteiger partial charge in [-0.15, -0.1) is 0 Å². The number of fused-ring (bicyclic) bond motifs is 1. The number of hydrogen-bond donors (Lipinski definition) is 1. The van der Waals surface area contributed by atoms with Crippen LogP contribution in [0.3, 0.4) is 0 Å². The van der Waals surface area contributed by atoms with E-state index in [1.54, 1.807) is 0 Å². The molecule has 0 atom stereocenters. The molecule has 0 saturated heterocycles. The Kier molecular flexibility index (Phi) is 3.44. The molecule has 2 aliphatic rings. The molecule has 2 nitrogen and oxygen atoms in total. The van der Waals surface area contributed by atoms with E-state index >= 15 is 0 Å². The average molecular weight is 244 g/mol. The predicted molar refractivity (Wildman–Crippen MR) is 78.5 cm³/mol. The second-order valence-corrected chi connectivity index (χ2v) is 5.60. The summed E-state index contributed by atoms with van der Waals surface area (Å²) in [7, 11) is 0. The summed E-state index contributed by atoms with van der Waals surface area (Å²) in [6.45, 7) is 4.54. The molecular formula is C16H24N2. The van der Waals surface area contributed by atoms with E-state index in [4.69, 9.17) is 0 Å². The Morgan fingerprint density at radius 1 is 1.22 bits per heavy atom. The van der Waals surface area contributed by atoms with Crippen molar-refractivity contribution in [3.63, 3.8) is 0 Å². The second-order valence-electron chi connectivity index (χ2n) is 5.60. The average Bonchev–Trinajstić information content (AvgIpc) is 2.93. The summed E-state index contributed by atoms with van der Waals surface area (Å²) in [5.74, 6) is 0. The summed E-state index contributed by atoms with van der Waals surface area (Å²) >= 11 is 0. The number of nitrogens with zero attached hydrogens (tertiary/aromatic N) is 1. The highest BCUT2D eigenvalue weighted by Gasteiger charge is 2.22. The van der Waals surface area contributed by atoms with Crippen LogP contribution in [-0.4, -0.2) is 19.1 Å². The van der Waals surface area contributed by atoms with Crippen molar-refractivity contribution in [3.05, 3.63) is 23.8 Å². The van der Waals surface area contributed by atoms with Crippen LogP contribution in [0.5, 0.6) is 0 Å². The molecule has 98 valence electrons. The third-order valence-corrected chi connectivity index (χ3v) is 4.47. The molecule has 0 unspecified atom stereocenters. The fourth-order valence-electron chi connectivity index (χ4n) is 3.50. The highest BCUT2D eigenvalue weighted by Crippen LogP contribution is 2.32. The zero-order valence-electron chi connectivity index (χ0n) is 11.4. The van der Waals surface area contributed by atoms with Gasteiger partial charge in [0.05, 0.1) is 0 Å². The maximum Gasteiger partial charge on any atom is 0.0393 e. The van der Waals surface area contributed by atoms with Crippen LogP contribution in [0.1, 0.15) is 44.6 Å². The van der Waals surface area contributed by atoms with Crippen LogP contribution in [0.25, 0.3) is 0 Å². The number of hydrogen-bond acceptors (Lipinski definition) is 2. The van der Waals surface area contributed by atoms with Gasteiger partial charge in [-0.2, -0.15) is 0 Å². The third-order valence-electron chi connectivity index (χ3n) is 4.47. The van der Waals surface area contributed by atoms with Gasteiger partial charge in [0, 0.05) is 30.5 Å². The van der Waals surface area contributed by atoms with Crippen LogP contribution in [0.2, 0.25) is 0 Å². The highest BCUT2D eigenvalue weighted by atomic mass is 15.2. The van der Waals surface area contributed by atoms with Crippen molar-refractivity contribution in [2.24, 2.45) is 0 Å². The molecule has 0 bridgehead atoms. The summed E-state index contributed by atoms with van der Waals surface area (Å²) in [4.78, 5) is 2.60. The topological polar surface area (TPSA) is 15.3 Å². The lowest BCUT2D eigenvalue weighted by Crippen LogP contribution is -2.33. The van der Waals surface area contributed by atoms with Gasteiger partial charge in [0.1, 0.15) is 0 Å². The summed E-state index contributed by atoms with van der Waals surface area (Å²) in [6.07, 6.45) is 8.07. The van der Waals surface area contributed by atoms with Crippen LogP contribution in [0.15, 0.2) is 18.2 Å². The van der Waals surface area contributed by atoms with Crippen molar-refractivity contribution in [2.45, 2.75) is 51.5 Å². The Morgan fingerprint density at radius 2 is 2.06 bits per heavy atom. The summed E-state index contributed by atoms with van der Waals surface area (Å²) in [6, 6.07) is 7.80. The molecule has 1 saturated carbocycles. The van der Waals surface area contributed by atoms with Crippen LogP contribution in [0, 0.1) is 0 Å². The first-order chi connectivity index (χ1) is 8.88. The van der Waals surface area contributed by atoms with Gasteiger partial charge < -0.3 is 10.2 Å². The Morgan fingerprint density at radius 3 is 2.83 bits per heavy atom. The fourth-order valence-corrected chi connectivity index (χ4v) is 3.50. The van der Waals surface area contributed by atoms with Gasteiger partial charge in [-0.05, 0) is 50.3 Å². The highest BCUT2D eigenvalue weighted by molar-refractivity contribution is 5.63. The van der Waals surface area contributed by atoms with Crippen molar-refractivity contribution in [2.75, 3.05) is 23.3 Å². The van der Waals surface area contributed by atoms with Gasteiger partial charge >= 0.3 is 0 Å². The van der Waals surface area contributed by atoms with E-state index in [9.17, 15) is 0 Å². The van der Waals surface area contributed by atoms with Crippen LogP contribution >= 0.6 is 0 Å². The quantitative estimate of drug-likeness (QED) is 0.869. The van der Waals surface area contributed by atoms with Gasteiger partial charge in [-0.1, -0.05) is 18.9 Å². The Bertz CT molecular complexity index is 408. The van der Waals surface area contributed by atoms with Gasteiger partial charge in [0.2, 0.25) is 0 Å². The number of aryl methyl sites for hydroxylation is 1. The van der Waals surface area contributed by atoms with Gasteiger partial charge in [0.15, 0.2) is 0 Å². The molecule has 1 aliphatic heterocycles. The van der Waals surface area contributed by atoms with Crippen LogP contribution in [0.4, 0.5) is 11.4 Å². The molecular weight excluding hydrogens is 220 g/mol. The predicted octanol–water partition coefficient (Wildman–Crippen LogP) is 3.81. The molecule has 1 heterocycles. The number of anilines is 2. The number of nitrogens with one attached hydrogen (secondary N) is 1. The van der Waals surface area contributed by atoms with Crippen LogP contribution in [-0.2, 0) is 6.42 Å². The zero-order valence-corrected chi connectivity index (χ0v) is 11.4. The smallest absolute Gasteiger partial charge is 0.0393 e. The minimum Gasteiger partial charge on any atom is -0.385 e. The first-order valence-electron chi connectivity index (χ1n) is 7.52. The lowest BCUT2D eigenvalue weighted by molar-refractivity contribution is 0.620. The molecule has 0 amide bonds. The van der Waals surface area contributed by atoms with E-state index in [0.29, 0.717) is 0 Å². The van der Waals surface area contributed by atoms with Crippen molar-refractivity contribution in [1.82, 2.24) is 0 Å². The molecule has 1 aromatic carbocycles. The Hall–Kier alpha value is -1.18. The maximum atomic E-state index is 3.55. The summed E-state index contributed by atoms with van der Waals surface area (Å²) < 4.78 is 0. The van der Waals surface area contributed by atoms with E-state index < -0.39 is 0 Å². The molecule has 18 heavy (non-hydrogen) atoms. The minimum absolute atomic E-state index is 0.775. The minimum atomic E-state index is 0.775. The van der Waals surface area contributed by atoms with Gasteiger partial charge in [-0.3, -0.25) is 0 Å². The molecule has 0 aromatic heterocycles. The van der Waals surface area contributed by atoms with Crippen molar-refractivity contribution < 1.29 is 0 Å². The van der Waals surface area contributed by atoms with E-state index in [2.05, 4.69) is 35.3 Å². The van der Waals surface area contributed by atoms with E-state index in [-0.39, 0.29) is 0 Å². The lowest BCUT2D eigenvalue weighted by Gasteiger charge is -2.31. The molecule has 0 radical (unpaired) electrons. The number of benzene rings is 1. The normalized spacial score (nSPS) is 19.4. The maximum absolute atomic E-state index is 3.55. The van der Waals surface area contributed by atoms with Crippen molar-refractivity contribution in [3.8, 4) is 0 Å². The summed E-state index contributed by atoms with van der Waals surface area (Å²) in [5.41, 5.74) is 4.28. The first kappa shape index (κ1) is 11.9. The van der Waals surface area contributed by atoms with Crippen LogP contribution < -0.4 is 10.2 Å².